The molecule has 16 nitrogen and oxygen atoms in total. The molecule has 0 aliphatic carbocycles. The van der Waals surface area contributed by atoms with Crippen molar-refractivity contribution in [1.29, 1.82) is 0 Å². The van der Waals surface area contributed by atoms with Crippen molar-refractivity contribution >= 4 is 18.0 Å². The number of hydrogen-bond donors (Lipinski definition) is 0. The van der Waals surface area contributed by atoms with Gasteiger partial charge in [-0.15, -0.1) is 0 Å². The van der Waals surface area contributed by atoms with Gasteiger partial charge in [-0.3, -0.25) is 14.4 Å². The Balaban J connectivity index is 1.66. The molecule has 0 unspecified atom stereocenters. The van der Waals surface area contributed by atoms with Crippen molar-refractivity contribution in [2.75, 3.05) is 139 Å². The maximum Gasteiger partial charge on any atom is 0.534 e. The van der Waals surface area contributed by atoms with Gasteiger partial charge in [0.25, 0.3) is 11.8 Å². The van der Waals surface area contributed by atoms with Gasteiger partial charge in [-0.1, -0.05) is 12.0 Å². The Hall–Kier alpha value is -1.99. The Labute approximate surface area is 259 Å². The monoisotopic (exact) mass is 641 g/mol. The molecular formula is C28H51NO15. The molecule has 1 fully saturated rings. The van der Waals surface area contributed by atoms with Crippen LogP contribution >= 0.6 is 0 Å². The van der Waals surface area contributed by atoms with Crippen LogP contribution in [0, 0.1) is 0 Å². The van der Waals surface area contributed by atoms with Gasteiger partial charge >= 0.3 is 6.16 Å². The molecule has 0 bridgehead atoms. The van der Waals surface area contributed by atoms with E-state index in [0.717, 1.165) is 13.0 Å². The van der Waals surface area contributed by atoms with Gasteiger partial charge in [0.1, 0.15) is 6.61 Å². The summed E-state index contributed by atoms with van der Waals surface area (Å²) in [6, 6.07) is 0. The van der Waals surface area contributed by atoms with E-state index in [-0.39, 0.29) is 26.1 Å². The van der Waals surface area contributed by atoms with Crippen LogP contribution in [0.3, 0.4) is 0 Å². The Kier molecular flexibility index (Phi) is 28.2. The molecule has 1 aliphatic heterocycles. The van der Waals surface area contributed by atoms with Gasteiger partial charge in [0.15, 0.2) is 0 Å². The summed E-state index contributed by atoms with van der Waals surface area (Å²) < 4.78 is 58.7. The van der Waals surface area contributed by atoms with Crippen LogP contribution in [0.25, 0.3) is 0 Å². The highest BCUT2D eigenvalue weighted by atomic mass is 16.8. The van der Waals surface area contributed by atoms with Crippen LogP contribution in [0.2, 0.25) is 0 Å². The molecule has 0 saturated carbocycles. The lowest BCUT2D eigenvalue weighted by Gasteiger charge is -2.12. The Morgan fingerprint density at radius 2 is 0.705 bits per heavy atom. The predicted molar refractivity (Wildman–Crippen MR) is 152 cm³/mol. The summed E-state index contributed by atoms with van der Waals surface area (Å²) in [7, 11) is 0. The van der Waals surface area contributed by atoms with Gasteiger partial charge in [0, 0.05) is 19.4 Å². The Morgan fingerprint density at radius 3 is 0.977 bits per heavy atom. The lowest BCUT2D eigenvalue weighted by atomic mass is 10.4. The van der Waals surface area contributed by atoms with E-state index in [1.54, 1.807) is 0 Å². The van der Waals surface area contributed by atoms with Gasteiger partial charge in [0.2, 0.25) is 0 Å². The average Bonchev–Trinajstić information content (AvgIpc) is 3.33. The summed E-state index contributed by atoms with van der Waals surface area (Å²) in [4.78, 5) is 38.7. The number of hydrogen-bond acceptors (Lipinski definition) is 15. The zero-order chi connectivity index (χ0) is 31.8. The van der Waals surface area contributed by atoms with Gasteiger partial charge in [-0.05, 0) is 6.42 Å². The topological polar surface area (TPSA) is 165 Å². The molecule has 0 radical (unpaired) electrons. The van der Waals surface area contributed by atoms with Gasteiger partial charge in [0.05, 0.1) is 126 Å². The number of nitrogens with zero attached hydrogens (tertiary/aromatic N) is 1. The Morgan fingerprint density at radius 1 is 0.455 bits per heavy atom. The molecule has 0 aromatic rings. The van der Waals surface area contributed by atoms with Gasteiger partial charge < -0.3 is 52.1 Å². The van der Waals surface area contributed by atoms with Crippen molar-refractivity contribution in [3.8, 4) is 0 Å². The molecule has 44 heavy (non-hydrogen) atoms. The van der Waals surface area contributed by atoms with Crippen LogP contribution in [-0.2, 0) is 66.5 Å². The highest BCUT2D eigenvalue weighted by molar-refractivity contribution is 6.01. The predicted octanol–water partition coefficient (Wildman–Crippen LogP) is 0.780. The summed E-state index contributed by atoms with van der Waals surface area (Å²) in [6.45, 7) is 11.5. The number of carbonyl (C=O) groups is 3. The summed E-state index contributed by atoms with van der Waals surface area (Å²) in [5, 5.41) is 0.420. The zero-order valence-corrected chi connectivity index (χ0v) is 26.0. The van der Waals surface area contributed by atoms with Crippen molar-refractivity contribution in [1.82, 2.24) is 5.06 Å². The lowest BCUT2D eigenvalue weighted by molar-refractivity contribution is -0.177. The van der Waals surface area contributed by atoms with E-state index >= 15 is 0 Å². The number of ether oxygens (including phenoxy) is 11. The van der Waals surface area contributed by atoms with Gasteiger partial charge in [-0.25, -0.2) is 4.79 Å². The third kappa shape index (κ3) is 25.3. The average molecular weight is 642 g/mol. The molecular weight excluding hydrogens is 590 g/mol. The minimum atomic E-state index is -1.13. The normalized spacial score (nSPS) is 13.2. The third-order valence-corrected chi connectivity index (χ3v) is 5.32. The summed E-state index contributed by atoms with van der Waals surface area (Å²) in [5.74, 6) is -1.14. The second-order valence-corrected chi connectivity index (χ2v) is 8.90. The molecule has 0 atom stereocenters. The van der Waals surface area contributed by atoms with E-state index in [9.17, 15) is 14.4 Å². The molecule has 0 spiro atoms. The molecule has 16 heteroatoms. The summed E-state index contributed by atoms with van der Waals surface area (Å²) >= 11 is 0. The van der Waals surface area contributed by atoms with Crippen LogP contribution in [-0.4, -0.2) is 162 Å². The largest absolute Gasteiger partial charge is 0.534 e. The molecule has 258 valence electrons. The van der Waals surface area contributed by atoms with Crippen LogP contribution in [0.4, 0.5) is 4.79 Å². The first-order valence-corrected chi connectivity index (χ1v) is 15.1. The fraction of sp³-hybridized carbons (Fsp3) is 0.893. The Bertz CT molecular complexity index is 684. The van der Waals surface area contributed by atoms with E-state index in [2.05, 4.69) is 11.8 Å². The second kappa shape index (κ2) is 31.0. The first-order chi connectivity index (χ1) is 21.6. The van der Waals surface area contributed by atoms with Crippen molar-refractivity contribution in [3.05, 3.63) is 0 Å². The molecule has 0 N–H and O–H groups in total. The minimum Gasteiger partial charge on any atom is -0.430 e. The zero-order valence-electron chi connectivity index (χ0n) is 26.0. The van der Waals surface area contributed by atoms with E-state index in [1.807, 2.05) is 0 Å². The van der Waals surface area contributed by atoms with E-state index < -0.39 is 18.0 Å². The number of imide groups is 1. The summed E-state index contributed by atoms with van der Waals surface area (Å²) in [6.07, 6.45) is -0.0816. The lowest BCUT2D eigenvalue weighted by Crippen LogP contribution is -2.32. The standard InChI is InChI=1S/C28H51NO15/c1-2-5-33-6-7-34-8-9-35-10-11-36-12-13-37-14-15-38-16-17-39-18-19-40-20-21-41-22-23-42-24-25-43-28(32)44-29-26(30)3-4-27(29)31/h2-25H2,1H3. The molecule has 1 heterocycles. The van der Waals surface area contributed by atoms with Crippen molar-refractivity contribution < 1.29 is 71.3 Å². The van der Waals surface area contributed by atoms with Crippen molar-refractivity contribution in [2.45, 2.75) is 26.2 Å². The van der Waals surface area contributed by atoms with Crippen LogP contribution in [0.5, 0.6) is 0 Å². The van der Waals surface area contributed by atoms with Crippen LogP contribution in [0.1, 0.15) is 26.2 Å². The highest BCUT2D eigenvalue weighted by Crippen LogP contribution is 2.12. The van der Waals surface area contributed by atoms with Crippen LogP contribution in [0.15, 0.2) is 0 Å². The van der Waals surface area contributed by atoms with Gasteiger partial charge in [-0.2, -0.15) is 0 Å². The number of amides is 2. The van der Waals surface area contributed by atoms with Crippen molar-refractivity contribution in [2.24, 2.45) is 0 Å². The molecule has 1 rings (SSSR count). The van der Waals surface area contributed by atoms with E-state index in [4.69, 9.17) is 52.1 Å². The van der Waals surface area contributed by atoms with E-state index in [0.29, 0.717) is 124 Å². The second-order valence-electron chi connectivity index (χ2n) is 8.90. The van der Waals surface area contributed by atoms with E-state index in [1.165, 1.54) is 0 Å². The minimum absolute atomic E-state index is 0.0191. The smallest absolute Gasteiger partial charge is 0.430 e. The highest BCUT2D eigenvalue weighted by Gasteiger charge is 2.33. The maximum absolute atomic E-state index is 11.4. The first-order valence-electron chi connectivity index (χ1n) is 15.1. The molecule has 1 saturated heterocycles. The fourth-order valence-corrected chi connectivity index (χ4v) is 3.17. The van der Waals surface area contributed by atoms with Crippen molar-refractivity contribution in [3.63, 3.8) is 0 Å². The summed E-state index contributed by atoms with van der Waals surface area (Å²) in [5.41, 5.74) is 0. The third-order valence-electron chi connectivity index (χ3n) is 5.32. The SMILES string of the molecule is CCCOCCOCCOCCOCCOCCOCCOCCOCCOCCOCCOC(=O)ON1C(=O)CCC1=O. The number of rotatable bonds is 33. The molecule has 2 amide bonds. The molecule has 1 aliphatic rings. The molecule has 0 aromatic carbocycles. The quantitative estimate of drug-likeness (QED) is 0.0560. The fourth-order valence-electron chi connectivity index (χ4n) is 3.17. The van der Waals surface area contributed by atoms with Crippen LogP contribution < -0.4 is 0 Å². The molecule has 0 aromatic heterocycles. The number of carbonyl (C=O) groups excluding carboxylic acids is 3. The maximum atomic E-state index is 11.4. The number of hydroxylamine groups is 2. The first kappa shape index (κ1) is 40.0.